The van der Waals surface area contributed by atoms with Crippen LogP contribution in [0.4, 0.5) is 4.39 Å². The van der Waals surface area contributed by atoms with Crippen LogP contribution in [0.2, 0.25) is 0 Å². The van der Waals surface area contributed by atoms with Gasteiger partial charge >= 0.3 is 0 Å². The molecule has 3 aromatic rings. The number of halogens is 1. The highest BCUT2D eigenvalue weighted by atomic mass is 19.1. The molecule has 23 heavy (non-hydrogen) atoms. The van der Waals surface area contributed by atoms with Crippen LogP contribution < -0.4 is 9.47 Å². The summed E-state index contributed by atoms with van der Waals surface area (Å²) in [5, 5.41) is 3.96. The Hall–Kier alpha value is -2.89. The van der Waals surface area contributed by atoms with E-state index in [1.54, 1.807) is 31.4 Å². The summed E-state index contributed by atoms with van der Waals surface area (Å²) in [6.45, 7) is 2.45. The zero-order valence-electron chi connectivity index (χ0n) is 12.7. The first-order valence-electron chi connectivity index (χ1n) is 7.12. The Morgan fingerprint density at radius 2 is 1.78 bits per heavy atom. The summed E-state index contributed by atoms with van der Waals surface area (Å²) in [6, 6.07) is 11.3. The van der Waals surface area contributed by atoms with Crippen molar-refractivity contribution in [1.82, 2.24) is 10.1 Å². The maximum atomic E-state index is 13.0. The van der Waals surface area contributed by atoms with Crippen molar-refractivity contribution in [3.63, 3.8) is 0 Å². The molecule has 2 aromatic carbocycles. The maximum absolute atomic E-state index is 13.0. The van der Waals surface area contributed by atoms with Crippen molar-refractivity contribution >= 4 is 0 Å². The number of ether oxygens (including phenoxy) is 2. The van der Waals surface area contributed by atoms with E-state index in [0.29, 0.717) is 35.4 Å². The highest BCUT2D eigenvalue weighted by Gasteiger charge is 2.13. The molecule has 0 aliphatic heterocycles. The lowest BCUT2D eigenvalue weighted by Crippen LogP contribution is -1.95. The van der Waals surface area contributed by atoms with Gasteiger partial charge < -0.3 is 14.0 Å². The van der Waals surface area contributed by atoms with Crippen LogP contribution in [-0.2, 0) is 0 Å². The van der Waals surface area contributed by atoms with Gasteiger partial charge in [-0.3, -0.25) is 0 Å². The highest BCUT2D eigenvalue weighted by molar-refractivity contribution is 5.63. The summed E-state index contributed by atoms with van der Waals surface area (Å²) in [4.78, 5) is 4.33. The van der Waals surface area contributed by atoms with Gasteiger partial charge in [-0.2, -0.15) is 4.98 Å². The van der Waals surface area contributed by atoms with Crippen LogP contribution >= 0.6 is 0 Å². The number of nitrogens with zero attached hydrogens (tertiary/aromatic N) is 2. The fraction of sp³-hybridized carbons (Fsp3) is 0.176. The van der Waals surface area contributed by atoms with Crippen LogP contribution in [0, 0.1) is 5.82 Å². The summed E-state index contributed by atoms with van der Waals surface area (Å²) >= 11 is 0. The highest BCUT2D eigenvalue weighted by Crippen LogP contribution is 2.32. The van der Waals surface area contributed by atoms with E-state index in [2.05, 4.69) is 10.1 Å². The maximum Gasteiger partial charge on any atom is 0.258 e. The third-order valence-corrected chi connectivity index (χ3v) is 3.24. The number of rotatable bonds is 5. The van der Waals surface area contributed by atoms with Gasteiger partial charge in [-0.1, -0.05) is 5.16 Å². The molecule has 0 fully saturated rings. The molecule has 0 spiro atoms. The summed E-state index contributed by atoms with van der Waals surface area (Å²) in [5.74, 6) is 1.68. The molecule has 0 saturated carbocycles. The fourth-order valence-corrected chi connectivity index (χ4v) is 2.13. The van der Waals surface area contributed by atoms with Crippen molar-refractivity contribution in [2.24, 2.45) is 0 Å². The SMILES string of the molecule is CCOc1ccc(-c2noc(-c3ccc(F)cc3)n2)cc1OC. The number of aromatic nitrogens is 2. The molecule has 118 valence electrons. The van der Waals surface area contributed by atoms with Gasteiger partial charge in [0.15, 0.2) is 11.5 Å². The normalized spacial score (nSPS) is 10.6. The lowest BCUT2D eigenvalue weighted by Gasteiger charge is -2.09. The van der Waals surface area contributed by atoms with Gasteiger partial charge in [0.1, 0.15) is 5.82 Å². The van der Waals surface area contributed by atoms with Crippen molar-refractivity contribution in [3.05, 3.63) is 48.3 Å². The van der Waals surface area contributed by atoms with Gasteiger partial charge in [-0.15, -0.1) is 0 Å². The predicted octanol–water partition coefficient (Wildman–Crippen LogP) is 3.95. The number of hydrogen-bond donors (Lipinski definition) is 0. The average Bonchev–Trinajstić information content (AvgIpc) is 3.06. The summed E-state index contributed by atoms with van der Waals surface area (Å²) < 4.78 is 29.0. The minimum Gasteiger partial charge on any atom is -0.493 e. The van der Waals surface area contributed by atoms with E-state index in [4.69, 9.17) is 14.0 Å². The van der Waals surface area contributed by atoms with Crippen molar-refractivity contribution < 1.29 is 18.4 Å². The van der Waals surface area contributed by atoms with Gasteiger partial charge in [-0.05, 0) is 49.4 Å². The first-order chi connectivity index (χ1) is 11.2. The smallest absolute Gasteiger partial charge is 0.258 e. The largest absolute Gasteiger partial charge is 0.493 e. The van der Waals surface area contributed by atoms with Gasteiger partial charge in [-0.25, -0.2) is 4.39 Å². The summed E-state index contributed by atoms with van der Waals surface area (Å²) in [7, 11) is 1.57. The monoisotopic (exact) mass is 314 g/mol. The Morgan fingerprint density at radius 1 is 1.04 bits per heavy atom. The molecule has 0 atom stereocenters. The molecule has 1 heterocycles. The molecule has 5 nitrogen and oxygen atoms in total. The van der Waals surface area contributed by atoms with Gasteiger partial charge in [0.05, 0.1) is 13.7 Å². The third-order valence-electron chi connectivity index (χ3n) is 3.24. The molecule has 0 amide bonds. The first-order valence-corrected chi connectivity index (χ1v) is 7.12. The van der Waals surface area contributed by atoms with Crippen molar-refractivity contribution in [1.29, 1.82) is 0 Å². The van der Waals surface area contributed by atoms with Crippen LogP contribution in [-0.4, -0.2) is 23.9 Å². The summed E-state index contributed by atoms with van der Waals surface area (Å²) in [5.41, 5.74) is 1.39. The molecule has 0 aliphatic rings. The molecule has 0 N–H and O–H groups in total. The Kier molecular flexibility index (Phi) is 4.23. The first kappa shape index (κ1) is 15.0. The Balaban J connectivity index is 1.92. The summed E-state index contributed by atoms with van der Waals surface area (Å²) in [6.07, 6.45) is 0. The second-order valence-corrected chi connectivity index (χ2v) is 4.73. The Labute approximate surface area is 132 Å². The average molecular weight is 314 g/mol. The van der Waals surface area contributed by atoms with Crippen LogP contribution in [0.15, 0.2) is 47.0 Å². The minimum atomic E-state index is -0.315. The second kappa shape index (κ2) is 6.48. The Bertz CT molecular complexity index is 800. The zero-order valence-corrected chi connectivity index (χ0v) is 12.7. The van der Waals surface area contributed by atoms with Crippen LogP contribution in [0.1, 0.15) is 6.92 Å². The quantitative estimate of drug-likeness (QED) is 0.713. The minimum absolute atomic E-state index is 0.315. The molecule has 0 saturated heterocycles. The molecule has 0 bridgehead atoms. The molecule has 6 heteroatoms. The zero-order chi connectivity index (χ0) is 16.2. The number of hydrogen-bond acceptors (Lipinski definition) is 5. The van der Waals surface area contributed by atoms with Gasteiger partial charge in [0.2, 0.25) is 5.82 Å². The van der Waals surface area contributed by atoms with E-state index >= 15 is 0 Å². The van der Waals surface area contributed by atoms with E-state index in [1.165, 1.54) is 12.1 Å². The van der Waals surface area contributed by atoms with Crippen molar-refractivity contribution in [3.8, 4) is 34.3 Å². The number of benzene rings is 2. The Morgan fingerprint density at radius 3 is 2.48 bits per heavy atom. The molecule has 0 unspecified atom stereocenters. The van der Waals surface area contributed by atoms with Crippen molar-refractivity contribution in [2.75, 3.05) is 13.7 Å². The molecule has 1 aromatic heterocycles. The molecular formula is C17H15FN2O3. The molecule has 0 radical (unpaired) electrons. The van der Waals surface area contributed by atoms with Gasteiger partial charge in [0.25, 0.3) is 5.89 Å². The lowest BCUT2D eigenvalue weighted by molar-refractivity contribution is 0.311. The predicted molar refractivity (Wildman–Crippen MR) is 82.8 cm³/mol. The molecule has 0 aliphatic carbocycles. The van der Waals surface area contributed by atoms with E-state index in [9.17, 15) is 4.39 Å². The second-order valence-electron chi connectivity index (χ2n) is 4.73. The molecular weight excluding hydrogens is 299 g/mol. The van der Waals surface area contributed by atoms with Gasteiger partial charge in [0, 0.05) is 11.1 Å². The van der Waals surface area contributed by atoms with E-state index in [-0.39, 0.29) is 5.82 Å². The van der Waals surface area contributed by atoms with E-state index in [0.717, 1.165) is 5.56 Å². The van der Waals surface area contributed by atoms with E-state index < -0.39 is 0 Å². The third kappa shape index (κ3) is 3.15. The lowest BCUT2D eigenvalue weighted by atomic mass is 10.2. The van der Waals surface area contributed by atoms with Crippen LogP contribution in [0.3, 0.4) is 0 Å². The molecule has 3 rings (SSSR count). The standard InChI is InChI=1S/C17H15FN2O3/c1-3-22-14-9-6-12(10-15(14)21-2)16-19-17(23-20-16)11-4-7-13(18)8-5-11/h4-10H,3H2,1-2H3. The van der Waals surface area contributed by atoms with Crippen molar-refractivity contribution in [2.45, 2.75) is 6.92 Å². The topological polar surface area (TPSA) is 57.4 Å². The van der Waals surface area contributed by atoms with Crippen LogP contribution in [0.5, 0.6) is 11.5 Å². The van der Waals surface area contributed by atoms with E-state index in [1.807, 2.05) is 13.0 Å². The number of methoxy groups -OCH3 is 1. The van der Waals surface area contributed by atoms with Crippen LogP contribution in [0.25, 0.3) is 22.8 Å². The fourth-order valence-electron chi connectivity index (χ4n) is 2.13.